The van der Waals surface area contributed by atoms with Gasteiger partial charge >= 0.3 is 5.97 Å². The van der Waals surface area contributed by atoms with Gasteiger partial charge in [0.15, 0.2) is 0 Å². The van der Waals surface area contributed by atoms with Crippen molar-refractivity contribution in [1.82, 2.24) is 0 Å². The third kappa shape index (κ3) is 1.96. The summed E-state index contributed by atoms with van der Waals surface area (Å²) in [4.78, 5) is 12.9. The summed E-state index contributed by atoms with van der Waals surface area (Å²) in [5.74, 6) is -0.0372. The molecule has 4 heteroatoms. The van der Waals surface area contributed by atoms with Crippen molar-refractivity contribution < 1.29 is 14.6 Å². The molecule has 0 aromatic heterocycles. The normalized spacial score (nSPS) is 16.9. The molecule has 0 spiro atoms. The topological polar surface area (TPSA) is 49.8 Å². The Hall–Kier alpha value is -1.71. The Morgan fingerprint density at radius 2 is 2.25 bits per heavy atom. The second kappa shape index (κ2) is 4.43. The fourth-order valence-corrected chi connectivity index (χ4v) is 1.89. The first kappa shape index (κ1) is 10.8. The highest BCUT2D eigenvalue weighted by atomic mass is 16.5. The number of aliphatic carboxylic acids is 1. The molecule has 1 unspecified atom stereocenters. The predicted molar refractivity (Wildman–Crippen MR) is 61.0 cm³/mol. The van der Waals surface area contributed by atoms with Gasteiger partial charge in [0, 0.05) is 6.54 Å². The highest BCUT2D eigenvalue weighted by Crippen LogP contribution is 2.31. The summed E-state index contributed by atoms with van der Waals surface area (Å²) in [7, 11) is 0. The molecule has 1 aliphatic heterocycles. The quantitative estimate of drug-likeness (QED) is 0.826. The van der Waals surface area contributed by atoms with Crippen molar-refractivity contribution >= 4 is 11.7 Å². The van der Waals surface area contributed by atoms with Crippen LogP contribution >= 0.6 is 0 Å². The molecule has 1 aromatic rings. The Balaban J connectivity index is 2.36. The Bertz CT molecular complexity index is 392. The van der Waals surface area contributed by atoms with Crippen LogP contribution in [0.3, 0.4) is 0 Å². The first-order valence-electron chi connectivity index (χ1n) is 5.41. The number of fused-ring (bicyclic) bond motifs is 1. The van der Waals surface area contributed by atoms with Crippen molar-refractivity contribution in [2.45, 2.75) is 19.4 Å². The van der Waals surface area contributed by atoms with Crippen LogP contribution in [0.2, 0.25) is 0 Å². The fourth-order valence-electron chi connectivity index (χ4n) is 1.89. The van der Waals surface area contributed by atoms with Crippen molar-refractivity contribution in [2.75, 3.05) is 18.1 Å². The number of nitrogens with zero attached hydrogens (tertiary/aromatic N) is 1. The van der Waals surface area contributed by atoms with Gasteiger partial charge in [-0.3, -0.25) is 0 Å². The third-order valence-corrected chi connectivity index (χ3v) is 2.80. The smallest absolute Gasteiger partial charge is 0.326 e. The van der Waals surface area contributed by atoms with E-state index in [1.807, 2.05) is 29.2 Å². The lowest BCUT2D eigenvalue weighted by Crippen LogP contribution is -2.39. The standard InChI is InChI=1S/C12H15NO3/c1-9(12(14)15)13-7-4-8-16-11-6-3-2-5-10(11)13/h2-3,5-6,9H,4,7-8H2,1H3,(H,14,15). The minimum absolute atomic E-state index is 0.525. The number of anilines is 1. The van der Waals surface area contributed by atoms with Crippen LogP contribution in [-0.2, 0) is 4.79 Å². The summed E-state index contributed by atoms with van der Waals surface area (Å²) in [6.45, 7) is 3.05. The molecule has 2 rings (SSSR count). The van der Waals surface area contributed by atoms with Crippen molar-refractivity contribution in [3.05, 3.63) is 24.3 Å². The molecule has 1 atom stereocenters. The molecule has 0 radical (unpaired) electrons. The van der Waals surface area contributed by atoms with Gasteiger partial charge in [0.05, 0.1) is 12.3 Å². The molecule has 4 nitrogen and oxygen atoms in total. The largest absolute Gasteiger partial charge is 0.491 e. The number of carboxylic acid groups (broad SMARTS) is 1. The van der Waals surface area contributed by atoms with Crippen LogP contribution in [0, 0.1) is 0 Å². The summed E-state index contributed by atoms with van der Waals surface area (Å²) in [6.07, 6.45) is 0.840. The van der Waals surface area contributed by atoms with Gasteiger partial charge in [0.2, 0.25) is 0 Å². The number of benzene rings is 1. The van der Waals surface area contributed by atoms with E-state index >= 15 is 0 Å². The van der Waals surface area contributed by atoms with E-state index in [1.165, 1.54) is 0 Å². The number of hydrogen-bond acceptors (Lipinski definition) is 3. The Labute approximate surface area is 94.4 Å². The van der Waals surface area contributed by atoms with Crippen LogP contribution < -0.4 is 9.64 Å². The molecule has 16 heavy (non-hydrogen) atoms. The number of hydrogen-bond donors (Lipinski definition) is 1. The minimum Gasteiger partial charge on any atom is -0.491 e. The molecular weight excluding hydrogens is 206 g/mol. The van der Waals surface area contributed by atoms with Gasteiger partial charge in [0.1, 0.15) is 11.8 Å². The van der Waals surface area contributed by atoms with E-state index < -0.39 is 12.0 Å². The van der Waals surface area contributed by atoms with Crippen LogP contribution in [0.25, 0.3) is 0 Å². The summed E-state index contributed by atoms with van der Waals surface area (Å²) in [6, 6.07) is 7.05. The summed E-state index contributed by atoms with van der Waals surface area (Å²) in [5, 5.41) is 9.07. The number of carbonyl (C=O) groups is 1. The minimum atomic E-state index is -0.809. The average molecular weight is 221 g/mol. The Morgan fingerprint density at radius 1 is 1.50 bits per heavy atom. The van der Waals surface area contributed by atoms with Gasteiger partial charge in [-0.05, 0) is 25.5 Å². The maximum absolute atomic E-state index is 11.0. The first-order valence-corrected chi connectivity index (χ1v) is 5.41. The van der Waals surface area contributed by atoms with E-state index in [0.29, 0.717) is 13.2 Å². The summed E-state index contributed by atoms with van der Waals surface area (Å²) < 4.78 is 5.57. The molecule has 0 amide bonds. The molecular formula is C12H15NO3. The molecule has 1 N–H and O–H groups in total. The summed E-state index contributed by atoms with van der Waals surface area (Å²) >= 11 is 0. The molecule has 0 saturated heterocycles. The fraction of sp³-hybridized carbons (Fsp3) is 0.417. The van der Waals surface area contributed by atoms with Gasteiger partial charge in [-0.1, -0.05) is 12.1 Å². The third-order valence-electron chi connectivity index (χ3n) is 2.80. The molecule has 0 aliphatic carbocycles. The highest BCUT2D eigenvalue weighted by molar-refractivity contribution is 5.79. The average Bonchev–Trinajstić information content (AvgIpc) is 2.50. The lowest BCUT2D eigenvalue weighted by molar-refractivity contribution is -0.138. The zero-order valence-electron chi connectivity index (χ0n) is 9.22. The monoisotopic (exact) mass is 221 g/mol. The zero-order chi connectivity index (χ0) is 11.5. The van der Waals surface area contributed by atoms with Crippen LogP contribution in [0.4, 0.5) is 5.69 Å². The van der Waals surface area contributed by atoms with Gasteiger partial charge in [-0.15, -0.1) is 0 Å². The molecule has 0 saturated carbocycles. The Morgan fingerprint density at radius 3 is 3.00 bits per heavy atom. The maximum atomic E-state index is 11.0. The van der Waals surface area contributed by atoms with Gasteiger partial charge in [-0.25, -0.2) is 4.79 Å². The molecule has 1 aliphatic rings. The van der Waals surface area contributed by atoms with Crippen molar-refractivity contribution in [3.63, 3.8) is 0 Å². The number of ether oxygens (including phenoxy) is 1. The number of rotatable bonds is 2. The van der Waals surface area contributed by atoms with E-state index in [2.05, 4.69) is 0 Å². The SMILES string of the molecule is CC(C(=O)O)N1CCCOc2ccccc21. The van der Waals surface area contributed by atoms with Crippen LogP contribution in [0.5, 0.6) is 5.75 Å². The van der Waals surface area contributed by atoms with E-state index in [9.17, 15) is 4.79 Å². The van der Waals surface area contributed by atoms with E-state index in [-0.39, 0.29) is 0 Å². The number of carboxylic acids is 1. The van der Waals surface area contributed by atoms with Crippen LogP contribution in [-0.4, -0.2) is 30.3 Å². The van der Waals surface area contributed by atoms with Crippen molar-refractivity contribution in [3.8, 4) is 5.75 Å². The molecule has 0 fully saturated rings. The van der Waals surface area contributed by atoms with Gasteiger partial charge < -0.3 is 14.7 Å². The van der Waals surface area contributed by atoms with Crippen molar-refractivity contribution in [1.29, 1.82) is 0 Å². The van der Waals surface area contributed by atoms with Crippen LogP contribution in [0.1, 0.15) is 13.3 Å². The lowest BCUT2D eigenvalue weighted by atomic mass is 10.2. The predicted octanol–water partition coefficient (Wildman–Crippen LogP) is 1.75. The summed E-state index contributed by atoms with van der Waals surface area (Å²) in [5.41, 5.74) is 0.870. The molecule has 1 heterocycles. The lowest BCUT2D eigenvalue weighted by Gasteiger charge is -2.27. The van der Waals surface area contributed by atoms with Gasteiger partial charge in [-0.2, -0.15) is 0 Å². The Kier molecular flexibility index (Phi) is 2.99. The molecule has 86 valence electrons. The second-order valence-corrected chi connectivity index (χ2v) is 3.88. The first-order chi connectivity index (χ1) is 7.70. The molecule has 0 bridgehead atoms. The van der Waals surface area contributed by atoms with Gasteiger partial charge in [0.25, 0.3) is 0 Å². The van der Waals surface area contributed by atoms with Crippen molar-refractivity contribution in [2.24, 2.45) is 0 Å². The highest BCUT2D eigenvalue weighted by Gasteiger charge is 2.24. The number of para-hydroxylation sites is 2. The maximum Gasteiger partial charge on any atom is 0.326 e. The van der Waals surface area contributed by atoms with E-state index in [4.69, 9.17) is 9.84 Å². The second-order valence-electron chi connectivity index (χ2n) is 3.88. The van der Waals surface area contributed by atoms with E-state index in [0.717, 1.165) is 17.9 Å². The zero-order valence-corrected chi connectivity index (χ0v) is 9.22. The van der Waals surface area contributed by atoms with Crippen LogP contribution in [0.15, 0.2) is 24.3 Å². The van der Waals surface area contributed by atoms with E-state index in [1.54, 1.807) is 6.92 Å². The molecule has 1 aromatic carbocycles.